The maximum absolute atomic E-state index is 7.13. The Morgan fingerprint density at radius 3 is 1.00 bits per heavy atom. The maximum atomic E-state index is 7.13. The summed E-state index contributed by atoms with van der Waals surface area (Å²) in [5.41, 5.74) is 0. The topological polar surface area (TPSA) is 23.8 Å². The summed E-state index contributed by atoms with van der Waals surface area (Å²) in [5, 5.41) is 8.47. The van der Waals surface area contributed by atoms with Crippen molar-refractivity contribution < 1.29 is 22.4 Å². The van der Waals surface area contributed by atoms with Crippen LogP contribution in [0.3, 0.4) is 0 Å². The van der Waals surface area contributed by atoms with Crippen molar-refractivity contribution in [1.82, 2.24) is 0 Å². The Labute approximate surface area is 178 Å². The first-order chi connectivity index (χ1) is 10.9. The first kappa shape index (κ1) is 25.9. The van der Waals surface area contributed by atoms with E-state index in [1.54, 1.807) is 0 Å². The van der Waals surface area contributed by atoms with E-state index in [-0.39, 0.29) is 37.2 Å². The van der Waals surface area contributed by atoms with Crippen LogP contribution in [0.2, 0.25) is 0 Å². The molecule has 0 aliphatic carbocycles. The van der Waals surface area contributed by atoms with Crippen LogP contribution in [-0.2, 0) is 35.0 Å². The van der Waals surface area contributed by atoms with Gasteiger partial charge in [0.2, 0.25) is 0 Å². The summed E-state index contributed by atoms with van der Waals surface area (Å²) >= 11 is 2.31. The van der Waals surface area contributed by atoms with Crippen LogP contribution in [0, 0.1) is 25.5 Å². The first-order valence-electron chi connectivity index (χ1n) is 6.83. The zero-order chi connectivity index (χ0) is 15.6. The van der Waals surface area contributed by atoms with E-state index in [9.17, 15) is 0 Å². The average Bonchev–Trinajstić information content (AvgIpc) is 2.59. The van der Waals surface area contributed by atoms with Gasteiger partial charge in [-0.25, -0.2) is 5.26 Å². The molecule has 0 amide bonds. The minimum absolute atomic E-state index is 0. The SMILES string of the molecule is N#C[S-].[Au+3].[CH3-].[CH3-].c1ccc([As](c2ccccc2)c2ccccc2)cc1. The molecule has 0 atom stereocenters. The van der Waals surface area contributed by atoms with Crippen LogP contribution in [0.4, 0.5) is 0 Å². The van der Waals surface area contributed by atoms with E-state index in [1.165, 1.54) is 18.5 Å². The fourth-order valence-corrected chi connectivity index (χ4v) is 7.02. The third-order valence-corrected chi connectivity index (χ3v) is 8.17. The van der Waals surface area contributed by atoms with Gasteiger partial charge in [-0.15, -0.1) is 0 Å². The summed E-state index contributed by atoms with van der Waals surface area (Å²) in [6, 6.07) is 32.7. The van der Waals surface area contributed by atoms with Gasteiger partial charge in [0.15, 0.2) is 0 Å². The molecule has 4 heteroatoms. The average molecular weight is 591 g/mol. The number of benzene rings is 3. The van der Waals surface area contributed by atoms with Crippen molar-refractivity contribution >= 4 is 40.3 Å². The Morgan fingerprint density at radius 2 is 0.800 bits per heavy atom. The predicted octanol–water partition coefficient (Wildman–Crippen LogP) is 3.12. The Balaban J connectivity index is 0. The van der Waals surface area contributed by atoms with E-state index in [0.717, 1.165) is 0 Å². The molecule has 0 aromatic heterocycles. The molecule has 3 rings (SSSR count). The third kappa shape index (κ3) is 8.06. The molecular weight excluding hydrogens is 570 g/mol. The number of hydrogen-bond donors (Lipinski definition) is 0. The van der Waals surface area contributed by atoms with Crippen LogP contribution < -0.4 is 13.1 Å². The molecule has 0 unspecified atom stereocenters. The van der Waals surface area contributed by atoms with Gasteiger partial charge in [-0.1, -0.05) is 5.40 Å². The summed E-state index contributed by atoms with van der Waals surface area (Å²) in [6.07, 6.45) is 0. The fraction of sp³-hybridized carbons (Fsp3) is 0. The van der Waals surface area contributed by atoms with E-state index in [0.29, 0.717) is 0 Å². The van der Waals surface area contributed by atoms with Crippen LogP contribution in [0.5, 0.6) is 0 Å². The molecule has 0 fully saturated rings. The van der Waals surface area contributed by atoms with Gasteiger partial charge in [-0.3, -0.25) is 0 Å². The minimum atomic E-state index is -1.39. The van der Waals surface area contributed by atoms with E-state index >= 15 is 0 Å². The summed E-state index contributed by atoms with van der Waals surface area (Å²) in [4.78, 5) is 0. The Hall–Kier alpha value is -1.33. The van der Waals surface area contributed by atoms with Gasteiger partial charge in [0.05, 0.1) is 0 Å². The van der Waals surface area contributed by atoms with E-state index in [1.807, 2.05) is 0 Å². The number of hydrogen-bond acceptors (Lipinski definition) is 2. The molecule has 0 heterocycles. The van der Waals surface area contributed by atoms with Crippen LogP contribution in [0.15, 0.2) is 91.0 Å². The van der Waals surface area contributed by atoms with Gasteiger partial charge < -0.3 is 27.5 Å². The van der Waals surface area contributed by atoms with Gasteiger partial charge >= 0.3 is 141 Å². The van der Waals surface area contributed by atoms with E-state index in [2.05, 4.69) is 104 Å². The van der Waals surface area contributed by atoms with E-state index in [4.69, 9.17) is 5.26 Å². The number of nitrogens with zero attached hydrogens (tertiary/aromatic N) is 1. The third-order valence-electron chi connectivity index (χ3n) is 3.04. The molecule has 0 saturated carbocycles. The van der Waals surface area contributed by atoms with Crippen molar-refractivity contribution in [3.05, 3.63) is 106 Å². The van der Waals surface area contributed by atoms with E-state index < -0.39 is 14.7 Å². The predicted molar refractivity (Wildman–Crippen MR) is 110 cm³/mol. The van der Waals surface area contributed by atoms with Crippen molar-refractivity contribution in [1.29, 1.82) is 5.26 Å². The second kappa shape index (κ2) is 15.0. The molecule has 132 valence electrons. The first-order valence-corrected chi connectivity index (χ1v) is 10.1. The molecule has 0 aliphatic rings. The monoisotopic (exact) mass is 591 g/mol. The van der Waals surface area contributed by atoms with Crippen LogP contribution >= 0.6 is 0 Å². The summed E-state index contributed by atoms with van der Waals surface area (Å²) in [5.74, 6) is 0. The molecule has 1 nitrogen and oxygen atoms in total. The fourth-order valence-electron chi connectivity index (χ4n) is 2.18. The van der Waals surface area contributed by atoms with Gasteiger partial charge in [0.1, 0.15) is 0 Å². The molecule has 0 bridgehead atoms. The van der Waals surface area contributed by atoms with Crippen LogP contribution in [0.1, 0.15) is 0 Å². The quantitative estimate of drug-likeness (QED) is 0.203. The molecule has 0 spiro atoms. The number of nitriles is 1. The molecule has 3 aromatic carbocycles. The normalized spacial score (nSPS) is 8.32. The van der Waals surface area contributed by atoms with Gasteiger partial charge in [0.25, 0.3) is 0 Å². The van der Waals surface area contributed by atoms with Crippen LogP contribution in [-0.4, -0.2) is 14.7 Å². The molecule has 25 heavy (non-hydrogen) atoms. The molecule has 0 saturated heterocycles. The Morgan fingerprint density at radius 1 is 0.600 bits per heavy atom. The van der Waals surface area contributed by atoms with Crippen LogP contribution in [0.25, 0.3) is 0 Å². The second-order valence-corrected chi connectivity index (χ2v) is 9.27. The van der Waals surface area contributed by atoms with Crippen molar-refractivity contribution in [2.24, 2.45) is 0 Å². The molecule has 0 N–H and O–H groups in total. The van der Waals surface area contributed by atoms with Crippen molar-refractivity contribution in [3.8, 4) is 5.40 Å². The van der Waals surface area contributed by atoms with Crippen molar-refractivity contribution in [2.75, 3.05) is 0 Å². The molecular formula is C21H21AsAuNS. The van der Waals surface area contributed by atoms with Gasteiger partial charge in [-0.2, -0.15) is 0 Å². The number of thiocyanates is 1. The summed E-state index contributed by atoms with van der Waals surface area (Å²) in [7, 11) is 0. The second-order valence-electron chi connectivity index (χ2n) is 4.43. The molecule has 0 aliphatic heterocycles. The molecule has 0 radical (unpaired) electrons. The number of rotatable bonds is 3. The zero-order valence-corrected chi connectivity index (χ0v) is 19.1. The van der Waals surface area contributed by atoms with Crippen molar-refractivity contribution in [3.63, 3.8) is 0 Å². The standard InChI is InChI=1S/C18H15As.CHNS.2CH3.Au/c1-4-10-16(11-5-1)19(17-12-6-2-7-13-17)18-14-8-3-9-15-18;2-1-3;;;/h1-15H;3H;2*1H3;/q;;2*-1;+3/p-1. The van der Waals surface area contributed by atoms with Gasteiger partial charge in [0, 0.05) is 0 Å². The zero-order valence-electron chi connectivity index (χ0n) is 14.3. The Kier molecular flexibility index (Phi) is 15.5. The summed E-state index contributed by atoms with van der Waals surface area (Å²) in [6.45, 7) is 0. The summed E-state index contributed by atoms with van der Waals surface area (Å²) < 4.78 is 4.44. The van der Waals surface area contributed by atoms with Crippen molar-refractivity contribution in [2.45, 2.75) is 0 Å². The molecule has 3 aromatic rings. The van der Waals surface area contributed by atoms with Gasteiger partial charge in [-0.05, 0) is 0 Å². The Bertz CT molecular complexity index is 621.